The first-order valence-electron chi connectivity index (χ1n) is 9.26. The molecule has 2 aliphatic heterocycles. The Morgan fingerprint density at radius 1 is 1.25 bits per heavy atom. The molecule has 1 aromatic carbocycles. The first-order valence-corrected chi connectivity index (χ1v) is 9.26. The maximum Gasteiger partial charge on any atom is 0.256 e. The van der Waals surface area contributed by atoms with Crippen LogP contribution in [0, 0.1) is 5.92 Å². The molecule has 0 bridgehead atoms. The van der Waals surface area contributed by atoms with E-state index < -0.39 is 12.3 Å². The molecule has 2 saturated heterocycles. The van der Waals surface area contributed by atoms with Crippen molar-refractivity contribution < 1.29 is 19.2 Å². The minimum absolute atomic E-state index is 0.0784. The van der Waals surface area contributed by atoms with Crippen molar-refractivity contribution in [1.82, 2.24) is 14.9 Å². The Morgan fingerprint density at radius 3 is 2.61 bits per heavy atom. The lowest BCUT2D eigenvalue weighted by atomic mass is 9.99. The minimum Gasteiger partial charge on any atom is -0.333 e. The number of rotatable bonds is 6. The van der Waals surface area contributed by atoms with Gasteiger partial charge in [-0.25, -0.2) is 0 Å². The molecular weight excluding hydrogens is 358 g/mol. The number of hydroxylamine groups is 2. The number of carbonyl (C=O) groups excluding carboxylic acids is 3. The normalized spacial score (nSPS) is 22.3. The molecule has 0 aromatic heterocycles. The third kappa shape index (κ3) is 3.45. The van der Waals surface area contributed by atoms with Crippen molar-refractivity contribution in [3.63, 3.8) is 0 Å². The summed E-state index contributed by atoms with van der Waals surface area (Å²) in [6.07, 6.45) is 2.66. The molecule has 0 radical (unpaired) electrons. The van der Waals surface area contributed by atoms with Crippen LogP contribution in [0.5, 0.6) is 0 Å². The Hall–Kier alpha value is -2.93. The van der Waals surface area contributed by atoms with Gasteiger partial charge in [-0.3, -0.25) is 19.2 Å². The molecule has 28 heavy (non-hydrogen) atoms. The number of carbonyl (C=O) groups is 3. The largest absolute Gasteiger partial charge is 0.333 e. The average Bonchev–Trinajstić information content (AvgIpc) is 2.69. The maximum atomic E-state index is 12.8. The fourth-order valence-electron chi connectivity index (χ4n) is 3.66. The molecule has 1 aromatic rings. The molecule has 7 heteroatoms. The first-order chi connectivity index (χ1) is 13.4. The predicted molar refractivity (Wildman–Crippen MR) is 105 cm³/mol. The van der Waals surface area contributed by atoms with E-state index in [0.717, 1.165) is 21.8 Å². The van der Waals surface area contributed by atoms with Gasteiger partial charge in [-0.15, -0.1) is 0 Å². The topological polar surface area (TPSA) is 70.2 Å². The third-order valence-corrected chi connectivity index (χ3v) is 5.18. The molecule has 2 fully saturated rings. The molecule has 0 saturated carbocycles. The Balaban J connectivity index is 1.85. The van der Waals surface area contributed by atoms with E-state index in [0.29, 0.717) is 13.0 Å². The van der Waals surface area contributed by atoms with Gasteiger partial charge in [0.2, 0.25) is 12.3 Å². The molecule has 3 rings (SSSR count). The maximum absolute atomic E-state index is 12.8. The molecule has 2 aliphatic rings. The van der Waals surface area contributed by atoms with Crippen molar-refractivity contribution in [2.75, 3.05) is 13.1 Å². The highest BCUT2D eigenvalue weighted by Gasteiger charge is 2.47. The zero-order chi connectivity index (χ0) is 20.4. The molecule has 2 unspecified atom stereocenters. The van der Waals surface area contributed by atoms with Crippen LogP contribution >= 0.6 is 0 Å². The van der Waals surface area contributed by atoms with Crippen molar-refractivity contribution in [3.05, 3.63) is 48.0 Å². The summed E-state index contributed by atoms with van der Waals surface area (Å²) in [4.78, 5) is 45.7. The standard InChI is InChI=1S/C21H25N3O4/c1-5-15-8-7-9-16(17(15)6-2)10-22-11-18-23(12-19(22)26)21(27)20(14(3)4)28-24(18)13-25/h5-9,13-14,18,20H,1-2,10-12H2,3-4H3. The second-order valence-corrected chi connectivity index (χ2v) is 7.28. The smallest absolute Gasteiger partial charge is 0.256 e. The van der Waals surface area contributed by atoms with Crippen LogP contribution in [0.2, 0.25) is 0 Å². The Labute approximate surface area is 164 Å². The second kappa shape index (κ2) is 7.98. The fourth-order valence-corrected chi connectivity index (χ4v) is 3.66. The summed E-state index contributed by atoms with van der Waals surface area (Å²) in [6, 6.07) is 5.76. The van der Waals surface area contributed by atoms with Gasteiger partial charge in [-0.1, -0.05) is 57.4 Å². The van der Waals surface area contributed by atoms with E-state index in [1.54, 1.807) is 17.1 Å². The Bertz CT molecular complexity index is 820. The van der Waals surface area contributed by atoms with Gasteiger partial charge in [0.15, 0.2) is 12.3 Å². The quantitative estimate of drug-likeness (QED) is 0.704. The second-order valence-electron chi connectivity index (χ2n) is 7.28. The van der Waals surface area contributed by atoms with Crippen LogP contribution in [0.4, 0.5) is 0 Å². The lowest BCUT2D eigenvalue weighted by Gasteiger charge is -2.49. The van der Waals surface area contributed by atoms with Crippen LogP contribution < -0.4 is 0 Å². The summed E-state index contributed by atoms with van der Waals surface area (Å²) in [5, 5.41) is 1.15. The van der Waals surface area contributed by atoms with Crippen molar-refractivity contribution in [2.24, 2.45) is 5.92 Å². The molecule has 7 nitrogen and oxygen atoms in total. The van der Waals surface area contributed by atoms with Gasteiger partial charge in [0.05, 0.1) is 6.54 Å². The number of benzene rings is 1. The molecule has 3 amide bonds. The van der Waals surface area contributed by atoms with Crippen molar-refractivity contribution >= 4 is 30.4 Å². The van der Waals surface area contributed by atoms with Crippen LogP contribution in [0.25, 0.3) is 12.2 Å². The summed E-state index contributed by atoms with van der Waals surface area (Å²) < 4.78 is 0. The monoisotopic (exact) mass is 383 g/mol. The third-order valence-electron chi connectivity index (χ3n) is 5.18. The van der Waals surface area contributed by atoms with Gasteiger partial charge in [-0.2, -0.15) is 5.06 Å². The number of nitrogens with zero attached hydrogens (tertiary/aromatic N) is 3. The van der Waals surface area contributed by atoms with E-state index in [2.05, 4.69) is 13.2 Å². The molecule has 2 heterocycles. The first kappa shape index (κ1) is 19.8. The van der Waals surface area contributed by atoms with E-state index in [9.17, 15) is 14.4 Å². The highest BCUT2D eigenvalue weighted by Crippen LogP contribution is 2.27. The number of fused-ring (bicyclic) bond motifs is 1. The van der Waals surface area contributed by atoms with Gasteiger partial charge in [0, 0.05) is 6.54 Å². The van der Waals surface area contributed by atoms with Crippen molar-refractivity contribution in [3.8, 4) is 0 Å². The van der Waals surface area contributed by atoms with Crippen LogP contribution in [-0.4, -0.2) is 58.4 Å². The van der Waals surface area contributed by atoms with Crippen LogP contribution in [0.3, 0.4) is 0 Å². The summed E-state index contributed by atoms with van der Waals surface area (Å²) in [7, 11) is 0. The number of hydrogen-bond acceptors (Lipinski definition) is 4. The molecular formula is C21H25N3O4. The van der Waals surface area contributed by atoms with Gasteiger partial charge in [0.25, 0.3) is 5.91 Å². The van der Waals surface area contributed by atoms with Gasteiger partial charge in [-0.05, 0) is 22.6 Å². The number of piperazine rings is 1. The zero-order valence-electron chi connectivity index (χ0n) is 16.2. The van der Waals surface area contributed by atoms with E-state index in [1.165, 1.54) is 4.90 Å². The lowest BCUT2D eigenvalue weighted by molar-refractivity contribution is -0.268. The van der Waals surface area contributed by atoms with Crippen LogP contribution in [0.15, 0.2) is 31.4 Å². The summed E-state index contributed by atoms with van der Waals surface area (Å²) in [5.41, 5.74) is 2.77. The Morgan fingerprint density at radius 2 is 2.00 bits per heavy atom. The molecule has 0 N–H and O–H groups in total. The summed E-state index contributed by atoms with van der Waals surface area (Å²) >= 11 is 0. The van der Waals surface area contributed by atoms with Gasteiger partial charge in [0.1, 0.15) is 6.54 Å². The van der Waals surface area contributed by atoms with Crippen LogP contribution in [-0.2, 0) is 25.8 Å². The number of hydrogen-bond donors (Lipinski definition) is 0. The highest BCUT2D eigenvalue weighted by atomic mass is 16.7. The molecule has 0 aliphatic carbocycles. The van der Waals surface area contributed by atoms with Crippen LogP contribution in [0.1, 0.15) is 30.5 Å². The van der Waals surface area contributed by atoms with E-state index in [1.807, 2.05) is 32.0 Å². The van der Waals surface area contributed by atoms with Gasteiger partial charge >= 0.3 is 0 Å². The van der Waals surface area contributed by atoms with Gasteiger partial charge < -0.3 is 9.80 Å². The molecule has 148 valence electrons. The highest BCUT2D eigenvalue weighted by molar-refractivity contribution is 5.89. The van der Waals surface area contributed by atoms with E-state index in [4.69, 9.17) is 4.84 Å². The lowest BCUT2D eigenvalue weighted by Crippen LogP contribution is -2.69. The van der Waals surface area contributed by atoms with E-state index >= 15 is 0 Å². The molecule has 2 atom stereocenters. The predicted octanol–water partition coefficient (Wildman–Crippen LogP) is 1.90. The summed E-state index contributed by atoms with van der Waals surface area (Å²) in [6.45, 7) is 11.8. The number of amides is 3. The minimum atomic E-state index is -0.766. The summed E-state index contributed by atoms with van der Waals surface area (Å²) in [5.74, 6) is -0.536. The molecule has 0 spiro atoms. The SMILES string of the molecule is C=Cc1cccc(CN2CC3N(C=O)OC(C(C)C)C(=O)N3CC2=O)c1C=C. The fraction of sp³-hybridized carbons (Fsp3) is 0.381. The van der Waals surface area contributed by atoms with Crippen molar-refractivity contribution in [2.45, 2.75) is 32.7 Å². The Kier molecular flexibility index (Phi) is 5.65. The zero-order valence-corrected chi connectivity index (χ0v) is 16.2. The average molecular weight is 383 g/mol. The van der Waals surface area contributed by atoms with Crippen molar-refractivity contribution in [1.29, 1.82) is 0 Å². The van der Waals surface area contributed by atoms with E-state index in [-0.39, 0.29) is 30.8 Å².